The van der Waals surface area contributed by atoms with Gasteiger partial charge in [-0.05, 0) is 54.8 Å². The predicted octanol–water partition coefficient (Wildman–Crippen LogP) is 3.09. The summed E-state index contributed by atoms with van der Waals surface area (Å²) >= 11 is 0. The van der Waals surface area contributed by atoms with E-state index in [9.17, 15) is 9.59 Å². The number of hydrogen-bond acceptors (Lipinski definition) is 4. The molecule has 4 rings (SSSR count). The van der Waals surface area contributed by atoms with Crippen LogP contribution in [0, 0.1) is 0 Å². The Hall–Kier alpha value is -3.02. The van der Waals surface area contributed by atoms with E-state index in [-0.39, 0.29) is 11.8 Å². The molecule has 2 aliphatic rings. The Morgan fingerprint density at radius 2 is 1.50 bits per heavy atom. The number of fused-ring (bicyclic) bond motifs is 1. The van der Waals surface area contributed by atoms with Crippen molar-refractivity contribution in [1.82, 2.24) is 0 Å². The molecule has 0 bridgehead atoms. The van der Waals surface area contributed by atoms with Crippen LogP contribution in [-0.4, -0.2) is 25.0 Å². The number of benzene rings is 2. The first-order chi connectivity index (χ1) is 12.6. The van der Waals surface area contributed by atoms with E-state index in [0.717, 1.165) is 24.2 Å². The SMILES string of the molecule is CC(=O)Nc1ccc(NC(=O)C2(c3ccc4c(c3)OCCO4)CC2)cc1. The zero-order valence-electron chi connectivity index (χ0n) is 14.5. The third-order valence-corrected chi connectivity index (χ3v) is 4.74. The number of amides is 2. The summed E-state index contributed by atoms with van der Waals surface area (Å²) in [5.74, 6) is 1.27. The average Bonchev–Trinajstić information content (AvgIpc) is 3.44. The second-order valence-corrected chi connectivity index (χ2v) is 6.65. The molecule has 26 heavy (non-hydrogen) atoms. The standard InChI is InChI=1S/C20H20N2O4/c1-13(23)21-15-3-5-16(6-4-15)22-19(24)20(8-9-20)14-2-7-17-18(12-14)26-11-10-25-17/h2-7,12H,8-11H2,1H3,(H,21,23)(H,22,24). The molecule has 1 aliphatic carbocycles. The largest absolute Gasteiger partial charge is 0.486 e. The van der Waals surface area contributed by atoms with Gasteiger partial charge >= 0.3 is 0 Å². The zero-order valence-corrected chi connectivity index (χ0v) is 14.5. The lowest BCUT2D eigenvalue weighted by Gasteiger charge is -2.21. The van der Waals surface area contributed by atoms with Crippen LogP contribution < -0.4 is 20.1 Å². The lowest BCUT2D eigenvalue weighted by atomic mass is 9.94. The highest BCUT2D eigenvalue weighted by atomic mass is 16.6. The van der Waals surface area contributed by atoms with E-state index in [0.29, 0.717) is 30.3 Å². The summed E-state index contributed by atoms with van der Waals surface area (Å²) < 4.78 is 11.2. The van der Waals surface area contributed by atoms with E-state index >= 15 is 0 Å². The van der Waals surface area contributed by atoms with Crippen LogP contribution in [0.4, 0.5) is 11.4 Å². The summed E-state index contributed by atoms with van der Waals surface area (Å²) in [6, 6.07) is 12.8. The lowest BCUT2D eigenvalue weighted by molar-refractivity contribution is -0.118. The first-order valence-electron chi connectivity index (χ1n) is 8.66. The molecule has 0 aromatic heterocycles. The highest BCUT2D eigenvalue weighted by molar-refractivity contribution is 6.01. The van der Waals surface area contributed by atoms with Crippen molar-refractivity contribution in [2.75, 3.05) is 23.8 Å². The third-order valence-electron chi connectivity index (χ3n) is 4.74. The molecule has 1 heterocycles. The molecule has 1 saturated carbocycles. The molecule has 2 aromatic rings. The fraction of sp³-hybridized carbons (Fsp3) is 0.300. The minimum Gasteiger partial charge on any atom is -0.486 e. The van der Waals surface area contributed by atoms with Crippen LogP contribution >= 0.6 is 0 Å². The van der Waals surface area contributed by atoms with Crippen LogP contribution in [0.15, 0.2) is 42.5 Å². The fourth-order valence-electron chi connectivity index (χ4n) is 3.20. The van der Waals surface area contributed by atoms with Gasteiger partial charge in [-0.2, -0.15) is 0 Å². The van der Waals surface area contributed by atoms with Gasteiger partial charge in [-0.15, -0.1) is 0 Å². The summed E-state index contributed by atoms with van der Waals surface area (Å²) in [5, 5.41) is 5.69. The van der Waals surface area contributed by atoms with Crippen molar-refractivity contribution in [3.8, 4) is 11.5 Å². The fourth-order valence-corrected chi connectivity index (χ4v) is 3.20. The van der Waals surface area contributed by atoms with Crippen LogP contribution in [0.25, 0.3) is 0 Å². The van der Waals surface area contributed by atoms with Crippen molar-refractivity contribution < 1.29 is 19.1 Å². The van der Waals surface area contributed by atoms with Crippen molar-refractivity contribution >= 4 is 23.2 Å². The Kier molecular flexibility index (Phi) is 4.03. The number of carbonyl (C=O) groups excluding carboxylic acids is 2. The van der Waals surface area contributed by atoms with E-state index in [1.54, 1.807) is 24.3 Å². The van der Waals surface area contributed by atoms with Gasteiger partial charge in [-0.3, -0.25) is 9.59 Å². The van der Waals surface area contributed by atoms with E-state index in [1.807, 2.05) is 18.2 Å². The Morgan fingerprint density at radius 1 is 0.885 bits per heavy atom. The van der Waals surface area contributed by atoms with Crippen LogP contribution in [-0.2, 0) is 15.0 Å². The van der Waals surface area contributed by atoms with Gasteiger partial charge in [0.2, 0.25) is 11.8 Å². The van der Waals surface area contributed by atoms with Gasteiger partial charge in [0.05, 0.1) is 5.41 Å². The summed E-state index contributed by atoms with van der Waals surface area (Å²) in [6.07, 6.45) is 1.62. The molecule has 0 atom stereocenters. The monoisotopic (exact) mass is 352 g/mol. The molecular weight excluding hydrogens is 332 g/mol. The molecule has 6 heteroatoms. The van der Waals surface area contributed by atoms with E-state index < -0.39 is 5.41 Å². The second kappa shape index (κ2) is 6.37. The molecule has 2 N–H and O–H groups in total. The minimum absolute atomic E-state index is 0.0264. The van der Waals surface area contributed by atoms with Gasteiger partial charge < -0.3 is 20.1 Å². The van der Waals surface area contributed by atoms with Crippen LogP contribution in [0.2, 0.25) is 0 Å². The first-order valence-corrected chi connectivity index (χ1v) is 8.66. The van der Waals surface area contributed by atoms with Crippen molar-refractivity contribution in [1.29, 1.82) is 0 Å². The Morgan fingerprint density at radius 3 is 2.12 bits per heavy atom. The minimum atomic E-state index is -0.508. The van der Waals surface area contributed by atoms with Gasteiger partial charge in [-0.25, -0.2) is 0 Å². The predicted molar refractivity (Wildman–Crippen MR) is 97.7 cm³/mol. The van der Waals surface area contributed by atoms with E-state index in [4.69, 9.17) is 9.47 Å². The maximum absolute atomic E-state index is 12.9. The Balaban J connectivity index is 1.50. The topological polar surface area (TPSA) is 76.7 Å². The van der Waals surface area contributed by atoms with Crippen molar-refractivity contribution in [2.45, 2.75) is 25.2 Å². The molecule has 0 unspecified atom stereocenters. The maximum Gasteiger partial charge on any atom is 0.235 e. The van der Waals surface area contributed by atoms with Crippen molar-refractivity contribution in [3.05, 3.63) is 48.0 Å². The molecule has 2 aromatic carbocycles. The van der Waals surface area contributed by atoms with Crippen molar-refractivity contribution in [3.63, 3.8) is 0 Å². The molecule has 1 fully saturated rings. The Labute approximate surface area is 151 Å². The molecule has 2 amide bonds. The van der Waals surface area contributed by atoms with Gasteiger partial charge in [0, 0.05) is 18.3 Å². The summed E-state index contributed by atoms with van der Waals surface area (Å²) in [4.78, 5) is 23.9. The summed E-state index contributed by atoms with van der Waals surface area (Å²) in [5.41, 5.74) is 1.84. The average molecular weight is 352 g/mol. The van der Waals surface area contributed by atoms with Gasteiger partial charge in [0.1, 0.15) is 13.2 Å². The molecule has 0 saturated heterocycles. The quantitative estimate of drug-likeness (QED) is 0.886. The Bertz CT molecular complexity index is 857. The highest BCUT2D eigenvalue weighted by Gasteiger charge is 2.51. The number of ether oxygens (including phenoxy) is 2. The second-order valence-electron chi connectivity index (χ2n) is 6.65. The maximum atomic E-state index is 12.9. The van der Waals surface area contributed by atoms with Crippen LogP contribution in [0.5, 0.6) is 11.5 Å². The van der Waals surface area contributed by atoms with Gasteiger partial charge in [0.25, 0.3) is 0 Å². The number of nitrogens with one attached hydrogen (secondary N) is 2. The molecule has 0 radical (unpaired) electrons. The zero-order chi connectivity index (χ0) is 18.1. The van der Waals surface area contributed by atoms with Gasteiger partial charge in [0.15, 0.2) is 11.5 Å². The third kappa shape index (κ3) is 3.10. The van der Waals surface area contributed by atoms with Crippen LogP contribution in [0.3, 0.4) is 0 Å². The summed E-state index contributed by atoms with van der Waals surface area (Å²) in [7, 11) is 0. The van der Waals surface area contributed by atoms with Crippen molar-refractivity contribution in [2.24, 2.45) is 0 Å². The molecule has 0 spiro atoms. The number of carbonyl (C=O) groups is 2. The molecular formula is C20H20N2O4. The normalized spacial score (nSPS) is 16.5. The highest BCUT2D eigenvalue weighted by Crippen LogP contribution is 2.50. The first kappa shape index (κ1) is 16.4. The van der Waals surface area contributed by atoms with Gasteiger partial charge in [-0.1, -0.05) is 6.07 Å². The summed E-state index contributed by atoms with van der Waals surface area (Å²) in [6.45, 7) is 2.53. The smallest absolute Gasteiger partial charge is 0.235 e. The number of rotatable bonds is 4. The van der Waals surface area contributed by atoms with E-state index in [2.05, 4.69) is 10.6 Å². The molecule has 1 aliphatic heterocycles. The van der Waals surface area contributed by atoms with E-state index in [1.165, 1.54) is 6.92 Å². The lowest BCUT2D eigenvalue weighted by Crippen LogP contribution is -2.28. The molecule has 6 nitrogen and oxygen atoms in total. The molecule has 134 valence electrons. The van der Waals surface area contributed by atoms with Crippen LogP contribution in [0.1, 0.15) is 25.3 Å². The number of anilines is 2. The number of hydrogen-bond donors (Lipinski definition) is 2.